The van der Waals surface area contributed by atoms with Gasteiger partial charge in [0.25, 0.3) is 0 Å². The zero-order valence-corrected chi connectivity index (χ0v) is 16.3. The second-order valence-corrected chi connectivity index (χ2v) is 6.73. The number of ketones is 1. The number of carbonyl (C=O) groups excluding carboxylic acids is 1. The number of carbonyl (C=O) groups is 1. The molecule has 2 N–H and O–H groups in total. The maximum Gasteiger partial charge on any atom is 0.229 e. The first-order valence-corrected chi connectivity index (χ1v) is 8.88. The highest BCUT2D eigenvalue weighted by atomic mass is 16.1. The first kappa shape index (κ1) is 19.1. The number of Topliss-reactive ketones (excluding diaryl/α,β-unsaturated/α-hetero) is 1. The van der Waals surface area contributed by atoms with Crippen LogP contribution in [0.1, 0.15) is 39.7 Å². The number of nitrogens with zero attached hydrogens (tertiary/aromatic N) is 3. The lowest BCUT2D eigenvalue weighted by Gasteiger charge is -2.15. The zero-order valence-electron chi connectivity index (χ0n) is 16.3. The van der Waals surface area contributed by atoms with Crippen molar-refractivity contribution in [2.75, 3.05) is 10.6 Å². The van der Waals surface area contributed by atoms with E-state index >= 15 is 0 Å². The standard InChI is InChI=1S/C22H21N5O/c1-13-9-14(2)21(15(3)10-13)26-20-11-19(16(4)28)25-22(27-20)24-18-7-5-17(12-23)6-8-18/h5-11H,1-4H3,(H2,24,25,26,27). The van der Waals surface area contributed by atoms with Gasteiger partial charge in [-0.25, -0.2) is 4.98 Å². The fraction of sp³-hybridized carbons (Fsp3) is 0.182. The first-order chi connectivity index (χ1) is 13.4. The van der Waals surface area contributed by atoms with Crippen molar-refractivity contribution < 1.29 is 4.79 Å². The molecule has 28 heavy (non-hydrogen) atoms. The summed E-state index contributed by atoms with van der Waals surface area (Å²) in [4.78, 5) is 20.7. The Bertz CT molecular complexity index is 1060. The maximum atomic E-state index is 11.9. The summed E-state index contributed by atoms with van der Waals surface area (Å²) in [5.41, 5.74) is 5.96. The average Bonchev–Trinajstić information content (AvgIpc) is 2.65. The van der Waals surface area contributed by atoms with E-state index in [9.17, 15) is 4.79 Å². The third-order valence-corrected chi connectivity index (χ3v) is 4.29. The Kier molecular flexibility index (Phi) is 5.37. The molecular weight excluding hydrogens is 350 g/mol. The van der Waals surface area contributed by atoms with Gasteiger partial charge in [-0.15, -0.1) is 0 Å². The number of aryl methyl sites for hydroxylation is 3. The number of hydrogen-bond donors (Lipinski definition) is 2. The van der Waals surface area contributed by atoms with Gasteiger partial charge in [0.05, 0.1) is 11.6 Å². The predicted octanol–water partition coefficient (Wildman–Crippen LogP) is 4.96. The number of rotatable bonds is 5. The topological polar surface area (TPSA) is 90.7 Å². The molecule has 0 spiro atoms. The average molecular weight is 371 g/mol. The van der Waals surface area contributed by atoms with E-state index in [1.54, 1.807) is 30.3 Å². The van der Waals surface area contributed by atoms with Crippen LogP contribution in [-0.2, 0) is 0 Å². The molecule has 0 saturated carbocycles. The highest BCUT2D eigenvalue weighted by molar-refractivity contribution is 5.93. The summed E-state index contributed by atoms with van der Waals surface area (Å²) in [6, 6.07) is 14.9. The summed E-state index contributed by atoms with van der Waals surface area (Å²) in [6.45, 7) is 7.60. The van der Waals surface area contributed by atoms with Crippen LogP contribution >= 0.6 is 0 Å². The van der Waals surface area contributed by atoms with E-state index in [1.165, 1.54) is 12.5 Å². The van der Waals surface area contributed by atoms with Crippen LogP contribution in [0.3, 0.4) is 0 Å². The van der Waals surface area contributed by atoms with E-state index in [1.807, 2.05) is 13.8 Å². The fourth-order valence-corrected chi connectivity index (χ4v) is 3.01. The molecule has 0 amide bonds. The molecule has 0 saturated heterocycles. The van der Waals surface area contributed by atoms with Crippen molar-refractivity contribution in [2.24, 2.45) is 0 Å². The smallest absolute Gasteiger partial charge is 0.229 e. The SMILES string of the molecule is CC(=O)c1cc(Nc2c(C)cc(C)cc2C)nc(Nc2ccc(C#N)cc2)n1. The van der Waals surface area contributed by atoms with Crippen LogP contribution in [-0.4, -0.2) is 15.8 Å². The van der Waals surface area contributed by atoms with Crippen molar-refractivity contribution in [1.82, 2.24) is 9.97 Å². The van der Waals surface area contributed by atoms with Crippen LogP contribution in [0, 0.1) is 32.1 Å². The molecule has 3 aromatic rings. The number of nitriles is 1. The Morgan fingerprint density at radius 1 is 0.964 bits per heavy atom. The van der Waals surface area contributed by atoms with Gasteiger partial charge in [-0.3, -0.25) is 4.79 Å². The minimum Gasteiger partial charge on any atom is -0.340 e. The van der Waals surface area contributed by atoms with Gasteiger partial charge in [0, 0.05) is 24.4 Å². The number of nitrogens with one attached hydrogen (secondary N) is 2. The lowest BCUT2D eigenvalue weighted by atomic mass is 10.1. The lowest BCUT2D eigenvalue weighted by Crippen LogP contribution is -2.07. The van der Waals surface area contributed by atoms with E-state index in [0.29, 0.717) is 23.0 Å². The second-order valence-electron chi connectivity index (χ2n) is 6.73. The van der Waals surface area contributed by atoms with Gasteiger partial charge < -0.3 is 10.6 Å². The third kappa shape index (κ3) is 4.33. The molecule has 0 aliphatic rings. The molecular formula is C22H21N5O. The number of anilines is 4. The molecule has 6 nitrogen and oxygen atoms in total. The van der Waals surface area contributed by atoms with Crippen molar-refractivity contribution >= 4 is 28.9 Å². The Labute approximate surface area is 164 Å². The number of benzene rings is 2. The van der Waals surface area contributed by atoms with Gasteiger partial charge in [0.15, 0.2) is 5.78 Å². The second kappa shape index (κ2) is 7.89. The van der Waals surface area contributed by atoms with E-state index in [4.69, 9.17) is 5.26 Å². The van der Waals surface area contributed by atoms with E-state index in [2.05, 4.69) is 45.7 Å². The van der Waals surface area contributed by atoms with Gasteiger partial charge >= 0.3 is 0 Å². The molecule has 3 rings (SSSR count). The van der Waals surface area contributed by atoms with Gasteiger partial charge in [-0.05, 0) is 56.2 Å². The summed E-state index contributed by atoms with van der Waals surface area (Å²) in [6.07, 6.45) is 0. The van der Waals surface area contributed by atoms with Gasteiger partial charge in [0.2, 0.25) is 5.95 Å². The van der Waals surface area contributed by atoms with Crippen LogP contribution in [0.2, 0.25) is 0 Å². The molecule has 140 valence electrons. The van der Waals surface area contributed by atoms with Crippen LogP contribution in [0.4, 0.5) is 23.1 Å². The normalized spacial score (nSPS) is 10.2. The summed E-state index contributed by atoms with van der Waals surface area (Å²) >= 11 is 0. The Morgan fingerprint density at radius 3 is 2.18 bits per heavy atom. The quantitative estimate of drug-likeness (QED) is 0.616. The molecule has 0 bridgehead atoms. The third-order valence-electron chi connectivity index (χ3n) is 4.29. The van der Waals surface area contributed by atoms with Crippen molar-refractivity contribution in [3.63, 3.8) is 0 Å². The molecule has 1 heterocycles. The molecule has 0 unspecified atom stereocenters. The van der Waals surface area contributed by atoms with E-state index in [0.717, 1.165) is 22.5 Å². The molecule has 6 heteroatoms. The summed E-state index contributed by atoms with van der Waals surface area (Å²) in [5.74, 6) is 0.694. The van der Waals surface area contributed by atoms with Crippen LogP contribution in [0.5, 0.6) is 0 Å². The Balaban J connectivity index is 1.95. The lowest BCUT2D eigenvalue weighted by molar-refractivity contribution is 0.101. The predicted molar refractivity (Wildman–Crippen MR) is 110 cm³/mol. The summed E-state index contributed by atoms with van der Waals surface area (Å²) < 4.78 is 0. The largest absolute Gasteiger partial charge is 0.340 e. The van der Waals surface area contributed by atoms with Crippen LogP contribution in [0.15, 0.2) is 42.5 Å². The van der Waals surface area contributed by atoms with Crippen molar-refractivity contribution in [3.8, 4) is 6.07 Å². The number of aromatic nitrogens is 2. The van der Waals surface area contributed by atoms with Gasteiger partial charge in [-0.1, -0.05) is 17.7 Å². The monoisotopic (exact) mass is 371 g/mol. The highest BCUT2D eigenvalue weighted by Gasteiger charge is 2.11. The van der Waals surface area contributed by atoms with Gasteiger partial charge in [0.1, 0.15) is 11.5 Å². The minimum atomic E-state index is -0.148. The number of hydrogen-bond acceptors (Lipinski definition) is 6. The maximum absolute atomic E-state index is 11.9. The molecule has 0 aliphatic carbocycles. The Hall–Kier alpha value is -3.72. The summed E-state index contributed by atoms with van der Waals surface area (Å²) in [5, 5.41) is 15.3. The van der Waals surface area contributed by atoms with Crippen molar-refractivity contribution in [1.29, 1.82) is 5.26 Å². The molecule has 0 aliphatic heterocycles. The fourth-order valence-electron chi connectivity index (χ4n) is 3.01. The molecule has 0 atom stereocenters. The van der Waals surface area contributed by atoms with Crippen LogP contribution < -0.4 is 10.6 Å². The summed E-state index contributed by atoms with van der Waals surface area (Å²) in [7, 11) is 0. The molecule has 2 aromatic carbocycles. The minimum absolute atomic E-state index is 0.148. The molecule has 0 radical (unpaired) electrons. The van der Waals surface area contributed by atoms with Crippen LogP contribution in [0.25, 0.3) is 0 Å². The molecule has 0 fully saturated rings. The van der Waals surface area contributed by atoms with Crippen molar-refractivity contribution in [3.05, 3.63) is 70.4 Å². The van der Waals surface area contributed by atoms with E-state index < -0.39 is 0 Å². The highest BCUT2D eigenvalue weighted by Crippen LogP contribution is 2.26. The van der Waals surface area contributed by atoms with E-state index in [-0.39, 0.29) is 5.78 Å². The zero-order chi connectivity index (χ0) is 20.3. The van der Waals surface area contributed by atoms with Gasteiger partial charge in [-0.2, -0.15) is 10.2 Å². The molecule has 1 aromatic heterocycles. The Morgan fingerprint density at radius 2 is 1.61 bits per heavy atom. The van der Waals surface area contributed by atoms with Crippen molar-refractivity contribution in [2.45, 2.75) is 27.7 Å². The first-order valence-electron chi connectivity index (χ1n) is 8.88.